The molecular formula is C35H49N5O8S2. The van der Waals surface area contributed by atoms with Crippen LogP contribution in [0.2, 0.25) is 0 Å². The van der Waals surface area contributed by atoms with Crippen LogP contribution in [-0.4, -0.2) is 85.8 Å². The van der Waals surface area contributed by atoms with E-state index in [-0.39, 0.29) is 30.7 Å². The molecule has 0 aromatic carbocycles. The fraction of sp³-hybridized carbons (Fsp3) is 0.571. The molecule has 2 aliphatic rings. The first-order valence-corrected chi connectivity index (χ1v) is 19.4. The van der Waals surface area contributed by atoms with Crippen LogP contribution in [0.15, 0.2) is 47.8 Å². The van der Waals surface area contributed by atoms with E-state index in [1.165, 1.54) is 18.1 Å². The highest BCUT2D eigenvalue weighted by Gasteiger charge is 2.45. The van der Waals surface area contributed by atoms with Gasteiger partial charge in [-0.15, -0.1) is 6.58 Å². The number of carbonyl (C=O) groups is 4. The molecule has 15 heteroatoms. The lowest BCUT2D eigenvalue weighted by atomic mass is 9.87. The number of carbonyl (C=O) groups excluding carboxylic acids is 4. The molecule has 50 heavy (non-hydrogen) atoms. The van der Waals surface area contributed by atoms with E-state index in [9.17, 15) is 27.6 Å². The Morgan fingerprint density at radius 2 is 1.92 bits per heavy atom. The SMILES string of the molecule is C=CC(CC)C(NC(=O)[C@@H]1CC(CCOc2ccnc(-c3ccsc3)c2)CN1C(=O)C(CC(C)(C)C)NC(=O)OC)C(=O)NS(=O)(=O)C1CC1. The van der Waals surface area contributed by atoms with Crippen molar-refractivity contribution in [3.63, 3.8) is 0 Å². The molecule has 2 fully saturated rings. The number of amides is 4. The maximum atomic E-state index is 14.2. The van der Waals surface area contributed by atoms with E-state index in [2.05, 4.69) is 26.9 Å². The maximum absolute atomic E-state index is 14.2. The average Bonchev–Trinajstić information content (AvgIpc) is 3.63. The van der Waals surface area contributed by atoms with E-state index >= 15 is 0 Å². The van der Waals surface area contributed by atoms with Crippen molar-refractivity contribution in [3.05, 3.63) is 47.8 Å². The molecule has 0 radical (unpaired) electrons. The van der Waals surface area contributed by atoms with Gasteiger partial charge in [0.05, 0.1) is 24.7 Å². The minimum atomic E-state index is -3.88. The van der Waals surface area contributed by atoms with E-state index in [1.54, 1.807) is 30.5 Å². The van der Waals surface area contributed by atoms with Gasteiger partial charge in [0.25, 0.3) is 5.91 Å². The van der Waals surface area contributed by atoms with Crippen molar-refractivity contribution in [2.45, 2.75) is 89.6 Å². The number of hydrogen-bond donors (Lipinski definition) is 3. The lowest BCUT2D eigenvalue weighted by Gasteiger charge is -2.32. The number of thiophene rings is 1. The Morgan fingerprint density at radius 3 is 2.52 bits per heavy atom. The Bertz CT molecular complexity index is 1620. The lowest BCUT2D eigenvalue weighted by Crippen LogP contribution is -2.58. The van der Waals surface area contributed by atoms with E-state index in [1.807, 2.05) is 43.7 Å². The molecule has 274 valence electrons. The number of hydrogen-bond acceptors (Lipinski definition) is 10. The molecular weight excluding hydrogens is 683 g/mol. The lowest BCUT2D eigenvalue weighted by molar-refractivity contribution is -0.141. The van der Waals surface area contributed by atoms with Gasteiger partial charge in [0.15, 0.2) is 0 Å². The highest BCUT2D eigenvalue weighted by Crippen LogP contribution is 2.31. The first kappa shape index (κ1) is 38.8. The molecule has 4 rings (SSSR count). The van der Waals surface area contributed by atoms with E-state index < -0.39 is 63.1 Å². The second-order valence-electron chi connectivity index (χ2n) is 14.1. The predicted octanol–water partition coefficient (Wildman–Crippen LogP) is 4.26. The number of nitrogens with zero attached hydrogens (tertiary/aromatic N) is 2. The minimum Gasteiger partial charge on any atom is -0.493 e. The summed E-state index contributed by atoms with van der Waals surface area (Å²) in [6, 6.07) is 2.38. The summed E-state index contributed by atoms with van der Waals surface area (Å²) in [6.07, 6.45) is 4.78. The summed E-state index contributed by atoms with van der Waals surface area (Å²) in [6.45, 7) is 11.9. The van der Waals surface area contributed by atoms with Crippen LogP contribution in [0.25, 0.3) is 11.3 Å². The molecule has 5 atom stereocenters. The van der Waals surface area contributed by atoms with Crippen LogP contribution in [-0.2, 0) is 29.1 Å². The fourth-order valence-corrected chi connectivity index (χ4v) is 8.05. The van der Waals surface area contributed by atoms with E-state index in [0.717, 1.165) is 11.3 Å². The third-order valence-electron chi connectivity index (χ3n) is 8.90. The predicted molar refractivity (Wildman–Crippen MR) is 191 cm³/mol. The molecule has 4 amide bonds. The van der Waals surface area contributed by atoms with Crippen LogP contribution in [0.5, 0.6) is 5.75 Å². The number of rotatable bonds is 16. The van der Waals surface area contributed by atoms with Crippen molar-refractivity contribution in [3.8, 4) is 17.0 Å². The monoisotopic (exact) mass is 731 g/mol. The summed E-state index contributed by atoms with van der Waals surface area (Å²) < 4.78 is 38.3. The van der Waals surface area contributed by atoms with Crippen molar-refractivity contribution in [1.29, 1.82) is 0 Å². The van der Waals surface area contributed by atoms with Crippen molar-refractivity contribution < 1.29 is 37.1 Å². The fourth-order valence-electron chi connectivity index (χ4n) is 6.07. The Balaban J connectivity index is 1.54. The van der Waals surface area contributed by atoms with Crippen LogP contribution < -0.4 is 20.1 Å². The van der Waals surface area contributed by atoms with Gasteiger partial charge in [0.2, 0.25) is 21.8 Å². The number of nitrogens with one attached hydrogen (secondary N) is 3. The molecule has 2 aromatic rings. The van der Waals surface area contributed by atoms with Crippen molar-refractivity contribution in [2.75, 3.05) is 20.3 Å². The summed E-state index contributed by atoms with van der Waals surface area (Å²) >= 11 is 1.57. The molecule has 2 aromatic heterocycles. The molecule has 4 unspecified atom stereocenters. The zero-order valence-corrected chi connectivity index (χ0v) is 31.0. The quantitative estimate of drug-likeness (QED) is 0.213. The molecule has 3 heterocycles. The molecule has 0 spiro atoms. The largest absolute Gasteiger partial charge is 0.493 e. The van der Waals surface area contributed by atoms with Crippen LogP contribution in [0.1, 0.15) is 66.2 Å². The number of pyridine rings is 1. The van der Waals surface area contributed by atoms with Crippen molar-refractivity contribution in [2.24, 2.45) is 17.3 Å². The summed E-state index contributed by atoms with van der Waals surface area (Å²) in [5.41, 5.74) is 1.41. The third kappa shape index (κ3) is 10.5. The third-order valence-corrected chi connectivity index (χ3v) is 11.4. The first-order valence-electron chi connectivity index (χ1n) is 16.9. The number of sulfonamides is 1. The molecule has 3 N–H and O–H groups in total. The average molecular weight is 732 g/mol. The standard InChI is InChI=1S/C35H49N5O8S2/c1-7-23(8-2)30(32(42)39-50(45,46)26-9-10-26)38-31(41)29-17-22(12-15-48-25-11-14-36-27(18-25)24-13-16-49-21-24)20-40(29)33(43)28(19-35(3,4)5)37-34(44)47-6/h7,11,13-14,16,18,21-23,26,28-30H,1,8-10,12,15,17,19-20H2,2-6H3,(H,37,44)(H,38,41)(H,39,42)/t22?,23?,28?,29-,30?/m0/s1. The van der Waals surface area contributed by atoms with Gasteiger partial charge in [-0.25, -0.2) is 13.2 Å². The molecule has 1 aliphatic carbocycles. The van der Waals surface area contributed by atoms with Crippen molar-refractivity contribution >= 4 is 45.2 Å². The molecule has 1 saturated carbocycles. The first-order chi connectivity index (χ1) is 23.6. The second-order valence-corrected chi connectivity index (χ2v) is 16.8. The highest BCUT2D eigenvalue weighted by molar-refractivity contribution is 7.90. The number of likely N-dealkylation sites (tertiary alicyclic amines) is 1. The van der Waals surface area contributed by atoms with E-state index in [0.29, 0.717) is 38.0 Å². The summed E-state index contributed by atoms with van der Waals surface area (Å²) in [5, 5.41) is 8.74. The number of methoxy groups -OCH3 is 1. The zero-order valence-electron chi connectivity index (χ0n) is 29.3. The van der Waals surface area contributed by atoms with Gasteiger partial charge < -0.3 is 25.0 Å². The second kappa shape index (κ2) is 16.8. The van der Waals surface area contributed by atoms with Gasteiger partial charge in [0.1, 0.15) is 23.9 Å². The smallest absolute Gasteiger partial charge is 0.407 e. The summed E-state index contributed by atoms with van der Waals surface area (Å²) in [4.78, 5) is 59.8. The Hall–Kier alpha value is -3.98. The normalized spacial score (nSPS) is 19.5. The number of alkyl carbamates (subject to hydrolysis) is 1. The van der Waals surface area contributed by atoms with Crippen molar-refractivity contribution in [1.82, 2.24) is 25.2 Å². The molecule has 13 nitrogen and oxygen atoms in total. The van der Waals surface area contributed by atoms with Crippen LogP contribution in [0.3, 0.4) is 0 Å². The minimum absolute atomic E-state index is 0.162. The number of aromatic nitrogens is 1. The molecule has 1 aliphatic heterocycles. The van der Waals surface area contributed by atoms with Gasteiger partial charge in [0, 0.05) is 35.7 Å². The summed E-state index contributed by atoms with van der Waals surface area (Å²) in [7, 11) is -2.67. The molecule has 0 bridgehead atoms. The van der Waals surface area contributed by atoms with Gasteiger partial charge >= 0.3 is 6.09 Å². The molecule has 1 saturated heterocycles. The van der Waals surface area contributed by atoms with Crippen LogP contribution >= 0.6 is 11.3 Å². The maximum Gasteiger partial charge on any atom is 0.407 e. The Labute approximate surface area is 298 Å². The van der Waals surface area contributed by atoms with Gasteiger partial charge in [-0.05, 0) is 67.4 Å². The topological polar surface area (TPSA) is 173 Å². The van der Waals surface area contributed by atoms with E-state index in [4.69, 9.17) is 9.47 Å². The highest BCUT2D eigenvalue weighted by atomic mass is 32.2. The Kier molecular flexibility index (Phi) is 13.1. The Morgan fingerprint density at radius 1 is 1.18 bits per heavy atom. The van der Waals surface area contributed by atoms with Crippen LogP contribution in [0.4, 0.5) is 4.79 Å². The summed E-state index contributed by atoms with van der Waals surface area (Å²) in [5.74, 6) is -2.01. The zero-order chi connectivity index (χ0) is 36.6. The van der Waals surface area contributed by atoms with Gasteiger partial charge in [-0.1, -0.05) is 33.8 Å². The van der Waals surface area contributed by atoms with Crippen LogP contribution in [0, 0.1) is 17.3 Å². The number of ether oxygens (including phenoxy) is 2. The van der Waals surface area contributed by atoms with Gasteiger partial charge in [-0.2, -0.15) is 11.3 Å². The van der Waals surface area contributed by atoms with Gasteiger partial charge in [-0.3, -0.25) is 24.1 Å².